The molecule has 0 fully saturated rings. The molecule has 29 heavy (non-hydrogen) atoms. The molecule has 1 amide bonds. The van der Waals surface area contributed by atoms with Gasteiger partial charge in [0.05, 0.1) is 17.9 Å². The molecule has 150 valence electrons. The molecule has 0 radical (unpaired) electrons. The van der Waals surface area contributed by atoms with Gasteiger partial charge in [-0.05, 0) is 50.6 Å². The van der Waals surface area contributed by atoms with E-state index in [-0.39, 0.29) is 11.9 Å². The largest absolute Gasteiger partial charge is 0.492 e. The molecule has 0 saturated carbocycles. The number of amides is 1. The van der Waals surface area contributed by atoms with Crippen molar-refractivity contribution >= 4 is 17.4 Å². The van der Waals surface area contributed by atoms with Crippen molar-refractivity contribution in [3.63, 3.8) is 0 Å². The first-order valence-electron chi connectivity index (χ1n) is 9.88. The Bertz CT molecular complexity index is 924. The highest BCUT2D eigenvalue weighted by atomic mass is 16.5. The Hall–Kier alpha value is -3.34. The van der Waals surface area contributed by atoms with Crippen LogP contribution in [-0.2, 0) is 6.54 Å². The Balaban J connectivity index is 1.74. The van der Waals surface area contributed by atoms with Gasteiger partial charge >= 0.3 is 0 Å². The number of anilines is 2. The summed E-state index contributed by atoms with van der Waals surface area (Å²) in [5, 5.41) is 3.25. The Morgan fingerprint density at radius 3 is 2.41 bits per heavy atom. The van der Waals surface area contributed by atoms with Crippen LogP contribution in [0.3, 0.4) is 0 Å². The number of para-hydroxylation sites is 2. The molecular weight excluding hydrogens is 362 g/mol. The average molecular weight is 389 g/mol. The van der Waals surface area contributed by atoms with Crippen molar-refractivity contribution in [2.75, 3.05) is 11.9 Å². The van der Waals surface area contributed by atoms with Crippen LogP contribution in [0.5, 0.6) is 5.75 Å². The third-order valence-corrected chi connectivity index (χ3v) is 4.54. The molecular formula is C24H27N3O2. The van der Waals surface area contributed by atoms with E-state index in [9.17, 15) is 4.79 Å². The topological polar surface area (TPSA) is 54.5 Å². The Labute approximate surface area is 172 Å². The van der Waals surface area contributed by atoms with Crippen LogP contribution in [0.4, 0.5) is 11.5 Å². The van der Waals surface area contributed by atoms with Crippen molar-refractivity contribution < 1.29 is 9.53 Å². The summed E-state index contributed by atoms with van der Waals surface area (Å²) < 4.78 is 5.63. The zero-order valence-corrected chi connectivity index (χ0v) is 17.1. The van der Waals surface area contributed by atoms with Crippen LogP contribution in [0.15, 0.2) is 72.9 Å². The second-order valence-electron chi connectivity index (χ2n) is 7.00. The maximum atomic E-state index is 13.0. The number of carbonyl (C=O) groups excluding carboxylic acids is 1. The lowest BCUT2D eigenvalue weighted by atomic mass is 10.1. The van der Waals surface area contributed by atoms with E-state index in [2.05, 4.69) is 10.3 Å². The van der Waals surface area contributed by atoms with Gasteiger partial charge in [0.2, 0.25) is 0 Å². The molecule has 0 saturated heterocycles. The highest BCUT2D eigenvalue weighted by Gasteiger charge is 2.19. The molecule has 1 N–H and O–H groups in total. The minimum atomic E-state index is -0.0300. The highest BCUT2D eigenvalue weighted by Crippen LogP contribution is 2.26. The van der Waals surface area contributed by atoms with Crippen molar-refractivity contribution in [3.8, 4) is 5.75 Å². The number of hydrogen-bond acceptors (Lipinski definition) is 4. The number of carbonyl (C=O) groups is 1. The summed E-state index contributed by atoms with van der Waals surface area (Å²) in [7, 11) is 0. The predicted octanol–water partition coefficient (Wildman–Crippen LogP) is 5.27. The van der Waals surface area contributed by atoms with E-state index in [4.69, 9.17) is 4.74 Å². The summed E-state index contributed by atoms with van der Waals surface area (Å²) in [6.45, 7) is 7.15. The SMILES string of the molecule is CCOc1ccccc1Nc1ccc(C(=O)N(Cc2ccccc2)C(C)C)cn1. The second-order valence-corrected chi connectivity index (χ2v) is 7.00. The van der Waals surface area contributed by atoms with Gasteiger partial charge in [-0.1, -0.05) is 42.5 Å². The third-order valence-electron chi connectivity index (χ3n) is 4.54. The standard InChI is InChI=1S/C24H27N3O2/c1-4-29-22-13-9-8-12-21(22)26-23-15-14-20(16-25-23)24(28)27(18(2)3)17-19-10-6-5-7-11-19/h5-16,18H,4,17H2,1-3H3,(H,25,26). The molecule has 0 aliphatic heterocycles. The maximum absolute atomic E-state index is 13.0. The van der Waals surface area contributed by atoms with Gasteiger partial charge in [-0.2, -0.15) is 0 Å². The maximum Gasteiger partial charge on any atom is 0.255 e. The van der Waals surface area contributed by atoms with Gasteiger partial charge in [0, 0.05) is 18.8 Å². The molecule has 0 bridgehead atoms. The van der Waals surface area contributed by atoms with Gasteiger partial charge in [-0.15, -0.1) is 0 Å². The number of benzene rings is 2. The molecule has 0 aliphatic carbocycles. The molecule has 0 spiro atoms. The number of aromatic nitrogens is 1. The molecule has 2 aromatic carbocycles. The van der Waals surface area contributed by atoms with E-state index in [1.807, 2.05) is 86.3 Å². The first-order chi connectivity index (χ1) is 14.1. The Kier molecular flexibility index (Phi) is 6.85. The number of nitrogens with one attached hydrogen (secondary N) is 1. The van der Waals surface area contributed by atoms with Crippen LogP contribution in [0, 0.1) is 0 Å². The molecule has 3 aromatic rings. The van der Waals surface area contributed by atoms with Crippen LogP contribution in [0.1, 0.15) is 36.7 Å². The zero-order chi connectivity index (χ0) is 20.6. The van der Waals surface area contributed by atoms with Gasteiger partial charge in [0.25, 0.3) is 5.91 Å². The Morgan fingerprint density at radius 2 is 1.76 bits per heavy atom. The van der Waals surface area contributed by atoms with E-state index in [0.29, 0.717) is 24.5 Å². The lowest BCUT2D eigenvalue weighted by Gasteiger charge is -2.27. The van der Waals surface area contributed by atoms with Crippen LogP contribution >= 0.6 is 0 Å². The molecule has 5 nitrogen and oxygen atoms in total. The highest BCUT2D eigenvalue weighted by molar-refractivity contribution is 5.94. The van der Waals surface area contributed by atoms with Gasteiger partial charge < -0.3 is 15.0 Å². The number of nitrogens with zero attached hydrogens (tertiary/aromatic N) is 2. The molecule has 1 aromatic heterocycles. The molecule has 5 heteroatoms. The Morgan fingerprint density at radius 1 is 1.03 bits per heavy atom. The number of rotatable bonds is 8. The second kappa shape index (κ2) is 9.73. The monoisotopic (exact) mass is 389 g/mol. The van der Waals surface area contributed by atoms with E-state index in [1.165, 1.54) is 0 Å². The molecule has 3 rings (SSSR count). The fraction of sp³-hybridized carbons (Fsp3) is 0.250. The van der Waals surface area contributed by atoms with Crippen molar-refractivity contribution in [2.24, 2.45) is 0 Å². The molecule has 0 aliphatic rings. The van der Waals surface area contributed by atoms with Crippen molar-refractivity contribution in [1.29, 1.82) is 0 Å². The molecule has 1 heterocycles. The van der Waals surface area contributed by atoms with Gasteiger partial charge in [0.15, 0.2) is 0 Å². The average Bonchev–Trinajstić information content (AvgIpc) is 2.74. The summed E-state index contributed by atoms with van der Waals surface area (Å²) in [6.07, 6.45) is 1.62. The fourth-order valence-corrected chi connectivity index (χ4v) is 3.02. The van der Waals surface area contributed by atoms with Crippen LogP contribution in [-0.4, -0.2) is 28.4 Å². The van der Waals surface area contributed by atoms with E-state index >= 15 is 0 Å². The predicted molar refractivity (Wildman–Crippen MR) is 117 cm³/mol. The van der Waals surface area contributed by atoms with Crippen molar-refractivity contribution in [3.05, 3.63) is 84.1 Å². The minimum Gasteiger partial charge on any atom is -0.492 e. The molecule has 0 unspecified atom stereocenters. The number of hydrogen-bond donors (Lipinski definition) is 1. The van der Waals surface area contributed by atoms with Crippen LogP contribution < -0.4 is 10.1 Å². The van der Waals surface area contributed by atoms with Crippen molar-refractivity contribution in [2.45, 2.75) is 33.4 Å². The fourth-order valence-electron chi connectivity index (χ4n) is 3.02. The van der Waals surface area contributed by atoms with E-state index in [1.54, 1.807) is 12.3 Å². The van der Waals surface area contributed by atoms with E-state index < -0.39 is 0 Å². The van der Waals surface area contributed by atoms with Crippen LogP contribution in [0.2, 0.25) is 0 Å². The minimum absolute atomic E-state index is 0.0300. The van der Waals surface area contributed by atoms with Gasteiger partial charge in [-0.3, -0.25) is 4.79 Å². The first kappa shape index (κ1) is 20.4. The van der Waals surface area contributed by atoms with Gasteiger partial charge in [0.1, 0.15) is 11.6 Å². The first-order valence-corrected chi connectivity index (χ1v) is 9.88. The van der Waals surface area contributed by atoms with E-state index in [0.717, 1.165) is 17.0 Å². The van der Waals surface area contributed by atoms with Crippen LogP contribution in [0.25, 0.3) is 0 Å². The van der Waals surface area contributed by atoms with Crippen molar-refractivity contribution in [1.82, 2.24) is 9.88 Å². The number of pyridine rings is 1. The smallest absolute Gasteiger partial charge is 0.255 e. The summed E-state index contributed by atoms with van der Waals surface area (Å²) in [6, 6.07) is 21.4. The quantitative estimate of drug-likeness (QED) is 0.570. The summed E-state index contributed by atoms with van der Waals surface area (Å²) >= 11 is 0. The summed E-state index contributed by atoms with van der Waals surface area (Å²) in [4.78, 5) is 19.3. The third kappa shape index (κ3) is 5.35. The lowest BCUT2D eigenvalue weighted by Crippen LogP contribution is -2.36. The summed E-state index contributed by atoms with van der Waals surface area (Å²) in [5.74, 6) is 1.40. The summed E-state index contributed by atoms with van der Waals surface area (Å²) in [5.41, 5.74) is 2.51. The lowest BCUT2D eigenvalue weighted by molar-refractivity contribution is 0.0690. The molecule has 0 atom stereocenters. The number of ether oxygens (including phenoxy) is 1. The normalized spacial score (nSPS) is 10.6. The zero-order valence-electron chi connectivity index (χ0n) is 17.1. The van der Waals surface area contributed by atoms with Gasteiger partial charge in [-0.25, -0.2) is 4.98 Å².